The van der Waals surface area contributed by atoms with Crippen LogP contribution in [0.3, 0.4) is 0 Å². The Morgan fingerprint density at radius 2 is 2.19 bits per heavy atom. The minimum Gasteiger partial charge on any atom is -0.459 e. The lowest BCUT2D eigenvalue weighted by Gasteiger charge is -2.21. The maximum atomic E-state index is 12.8. The molecule has 0 saturated heterocycles. The van der Waals surface area contributed by atoms with Crippen LogP contribution in [0.25, 0.3) is 16.6 Å². The highest BCUT2D eigenvalue weighted by Crippen LogP contribution is 2.22. The average Bonchev–Trinajstić information content (AvgIpc) is 3.36. The quantitative estimate of drug-likeness (QED) is 0.522. The van der Waals surface area contributed by atoms with Crippen LogP contribution in [0, 0.1) is 6.92 Å². The number of amides is 1. The van der Waals surface area contributed by atoms with Crippen LogP contribution in [0.4, 0.5) is 0 Å². The molecule has 4 rings (SSSR count). The molecule has 8 heteroatoms. The number of carbonyl (C=O) groups excluding carboxylic acids is 1. The summed E-state index contributed by atoms with van der Waals surface area (Å²) in [4.78, 5) is 14.5. The number of benzene rings is 1. The summed E-state index contributed by atoms with van der Waals surface area (Å²) >= 11 is 0. The van der Waals surface area contributed by atoms with Gasteiger partial charge in [-0.2, -0.15) is 4.52 Å². The highest BCUT2D eigenvalue weighted by molar-refractivity contribution is 5.91. The number of pyridine rings is 1. The van der Waals surface area contributed by atoms with Crippen LogP contribution in [0.5, 0.6) is 0 Å². The fourth-order valence-electron chi connectivity index (χ4n) is 3.09. The van der Waals surface area contributed by atoms with E-state index in [1.165, 1.54) is 6.26 Å². The Kier molecular flexibility index (Phi) is 4.55. The molecule has 0 N–H and O–H groups in total. The van der Waals surface area contributed by atoms with Crippen LogP contribution < -0.4 is 0 Å². The molecule has 0 fully saturated rings. The first-order valence-electron chi connectivity index (χ1n) is 8.59. The summed E-state index contributed by atoms with van der Waals surface area (Å²) in [5.74, 6) is 0.0878. The van der Waals surface area contributed by atoms with Gasteiger partial charge in [-0.05, 0) is 47.2 Å². The van der Waals surface area contributed by atoms with E-state index in [-0.39, 0.29) is 11.7 Å². The molecular formula is C19H19N5O3. The largest absolute Gasteiger partial charge is 0.459 e. The van der Waals surface area contributed by atoms with E-state index < -0.39 is 0 Å². The molecule has 1 amide bonds. The van der Waals surface area contributed by atoms with E-state index in [4.69, 9.17) is 9.15 Å². The number of nitrogens with zero attached hydrogens (tertiary/aromatic N) is 5. The highest BCUT2D eigenvalue weighted by atomic mass is 16.5. The van der Waals surface area contributed by atoms with Crippen LogP contribution in [0.2, 0.25) is 0 Å². The standard InChI is InChI=1S/C19H19N5O3/c1-13-5-6-14-11-15(18-20-21-22-24(18)16(14)10-13)12-23(7-9-26-2)19(25)17-4-3-8-27-17/h3-6,8,10-11H,7,9,12H2,1-2H3. The fourth-order valence-corrected chi connectivity index (χ4v) is 3.09. The SMILES string of the molecule is COCCN(Cc1cc2ccc(C)cc2n2nnnc12)C(=O)c1ccco1. The molecule has 27 heavy (non-hydrogen) atoms. The summed E-state index contributed by atoms with van der Waals surface area (Å²) in [6, 6.07) is 11.5. The summed E-state index contributed by atoms with van der Waals surface area (Å²) in [5, 5.41) is 13.1. The van der Waals surface area contributed by atoms with Gasteiger partial charge in [0, 0.05) is 31.1 Å². The number of hydrogen-bond acceptors (Lipinski definition) is 6. The van der Waals surface area contributed by atoms with Gasteiger partial charge in [0.25, 0.3) is 5.91 Å². The number of methoxy groups -OCH3 is 1. The first-order valence-corrected chi connectivity index (χ1v) is 8.59. The van der Waals surface area contributed by atoms with E-state index in [1.54, 1.807) is 28.7 Å². The number of aryl methyl sites for hydroxylation is 1. The molecular weight excluding hydrogens is 346 g/mol. The van der Waals surface area contributed by atoms with E-state index in [9.17, 15) is 4.79 Å². The van der Waals surface area contributed by atoms with E-state index in [0.717, 1.165) is 22.0 Å². The Balaban J connectivity index is 1.75. The third kappa shape index (κ3) is 3.26. The van der Waals surface area contributed by atoms with Crippen LogP contribution in [-0.4, -0.2) is 51.1 Å². The van der Waals surface area contributed by atoms with Gasteiger partial charge in [-0.25, -0.2) is 0 Å². The third-order valence-electron chi connectivity index (χ3n) is 4.45. The Morgan fingerprint density at radius 3 is 2.96 bits per heavy atom. The van der Waals surface area contributed by atoms with Gasteiger partial charge in [0.2, 0.25) is 0 Å². The summed E-state index contributed by atoms with van der Waals surface area (Å²) in [7, 11) is 1.61. The van der Waals surface area contributed by atoms with Gasteiger partial charge in [0.15, 0.2) is 11.4 Å². The van der Waals surface area contributed by atoms with Crippen molar-refractivity contribution in [1.29, 1.82) is 0 Å². The topological polar surface area (TPSA) is 85.8 Å². The second kappa shape index (κ2) is 7.16. The minimum absolute atomic E-state index is 0.202. The zero-order valence-electron chi connectivity index (χ0n) is 15.1. The Hall–Kier alpha value is -3.26. The first kappa shape index (κ1) is 17.2. The van der Waals surface area contributed by atoms with Gasteiger partial charge in [0.05, 0.1) is 18.4 Å². The van der Waals surface area contributed by atoms with Crippen LogP contribution in [0.15, 0.2) is 47.1 Å². The lowest BCUT2D eigenvalue weighted by atomic mass is 10.1. The summed E-state index contributed by atoms with van der Waals surface area (Å²) < 4.78 is 12.1. The lowest BCUT2D eigenvalue weighted by molar-refractivity contribution is 0.0650. The first-order chi connectivity index (χ1) is 13.2. The average molecular weight is 365 g/mol. The normalized spacial score (nSPS) is 11.3. The monoisotopic (exact) mass is 365 g/mol. The molecule has 4 aromatic rings. The van der Waals surface area contributed by atoms with Gasteiger partial charge >= 0.3 is 0 Å². The molecule has 0 saturated carbocycles. The van der Waals surface area contributed by atoms with Crippen molar-refractivity contribution < 1.29 is 13.9 Å². The second-order valence-electron chi connectivity index (χ2n) is 6.34. The third-order valence-corrected chi connectivity index (χ3v) is 4.45. The predicted molar refractivity (Wildman–Crippen MR) is 98.3 cm³/mol. The molecule has 0 atom stereocenters. The Morgan fingerprint density at radius 1 is 1.30 bits per heavy atom. The maximum Gasteiger partial charge on any atom is 0.289 e. The maximum absolute atomic E-state index is 12.8. The second-order valence-corrected chi connectivity index (χ2v) is 6.34. The molecule has 0 aliphatic carbocycles. The molecule has 0 radical (unpaired) electrons. The van der Waals surface area contributed by atoms with Crippen LogP contribution in [0.1, 0.15) is 21.7 Å². The van der Waals surface area contributed by atoms with Crippen LogP contribution >= 0.6 is 0 Å². The number of carbonyl (C=O) groups is 1. The summed E-state index contributed by atoms with van der Waals surface area (Å²) in [5.41, 5.74) is 3.54. The fraction of sp³-hybridized carbons (Fsp3) is 0.263. The van der Waals surface area contributed by atoms with E-state index in [2.05, 4.69) is 15.5 Å². The molecule has 1 aromatic carbocycles. The number of aromatic nitrogens is 4. The number of tetrazole rings is 1. The molecule has 0 spiro atoms. The van der Waals surface area contributed by atoms with Gasteiger partial charge in [-0.15, -0.1) is 5.10 Å². The minimum atomic E-state index is -0.202. The number of rotatable bonds is 6. The molecule has 0 aliphatic heterocycles. The predicted octanol–water partition coefficient (Wildman–Crippen LogP) is 2.47. The number of fused-ring (bicyclic) bond motifs is 3. The van der Waals surface area contributed by atoms with Gasteiger partial charge in [0.1, 0.15) is 0 Å². The van der Waals surface area contributed by atoms with Gasteiger partial charge in [-0.1, -0.05) is 12.1 Å². The number of ether oxygens (including phenoxy) is 1. The zero-order valence-corrected chi connectivity index (χ0v) is 15.1. The van der Waals surface area contributed by atoms with Crippen molar-refractivity contribution in [2.45, 2.75) is 13.5 Å². The van der Waals surface area contributed by atoms with Crippen molar-refractivity contribution >= 4 is 22.5 Å². The van der Waals surface area contributed by atoms with E-state index in [1.807, 2.05) is 31.2 Å². The van der Waals surface area contributed by atoms with E-state index >= 15 is 0 Å². The van der Waals surface area contributed by atoms with Crippen molar-refractivity contribution in [1.82, 2.24) is 24.9 Å². The molecule has 0 bridgehead atoms. The van der Waals surface area contributed by atoms with Crippen molar-refractivity contribution in [3.05, 3.63) is 59.5 Å². The summed E-state index contributed by atoms with van der Waals surface area (Å²) in [6.45, 7) is 3.21. The zero-order chi connectivity index (χ0) is 18.8. The van der Waals surface area contributed by atoms with Crippen molar-refractivity contribution in [3.8, 4) is 0 Å². The molecule has 138 valence electrons. The number of furan rings is 1. The van der Waals surface area contributed by atoms with Gasteiger partial charge in [-0.3, -0.25) is 4.79 Å². The van der Waals surface area contributed by atoms with Gasteiger partial charge < -0.3 is 14.1 Å². The van der Waals surface area contributed by atoms with Crippen molar-refractivity contribution in [2.24, 2.45) is 0 Å². The molecule has 0 aliphatic rings. The lowest BCUT2D eigenvalue weighted by Crippen LogP contribution is -2.33. The molecule has 0 unspecified atom stereocenters. The Bertz CT molecular complexity index is 1090. The Labute approximate surface area is 155 Å². The highest BCUT2D eigenvalue weighted by Gasteiger charge is 2.21. The molecule has 3 aromatic heterocycles. The summed E-state index contributed by atoms with van der Waals surface area (Å²) in [6.07, 6.45) is 1.49. The van der Waals surface area contributed by atoms with Crippen LogP contribution in [-0.2, 0) is 11.3 Å². The molecule has 3 heterocycles. The van der Waals surface area contributed by atoms with Crippen molar-refractivity contribution in [3.63, 3.8) is 0 Å². The number of hydrogen-bond donors (Lipinski definition) is 0. The van der Waals surface area contributed by atoms with Crippen molar-refractivity contribution in [2.75, 3.05) is 20.3 Å². The smallest absolute Gasteiger partial charge is 0.289 e. The van der Waals surface area contributed by atoms with E-state index in [0.29, 0.717) is 25.3 Å². The molecule has 8 nitrogen and oxygen atoms in total.